The van der Waals surface area contributed by atoms with Crippen molar-refractivity contribution < 1.29 is 19.1 Å². The molecule has 2 unspecified atom stereocenters. The SMILES string of the molecule is CCCC(Cl)OC(=O)CCCCC(=O)OCC(Cl)CC. The molecule has 4 nitrogen and oxygen atoms in total. The quantitative estimate of drug-likeness (QED) is 0.327. The number of unbranched alkanes of at least 4 members (excludes halogenated alkanes) is 1. The lowest BCUT2D eigenvalue weighted by atomic mass is 10.2. The summed E-state index contributed by atoms with van der Waals surface area (Å²) >= 11 is 11.6. The van der Waals surface area contributed by atoms with E-state index >= 15 is 0 Å². The summed E-state index contributed by atoms with van der Waals surface area (Å²) in [5.41, 5.74) is -0.549. The molecule has 0 heterocycles. The van der Waals surface area contributed by atoms with Crippen molar-refractivity contribution in [3.63, 3.8) is 0 Å². The Kier molecular flexibility index (Phi) is 12.0. The average molecular weight is 327 g/mol. The average Bonchev–Trinajstić information content (AvgIpc) is 2.41. The predicted molar refractivity (Wildman–Crippen MR) is 80.0 cm³/mol. The minimum atomic E-state index is -0.549. The van der Waals surface area contributed by atoms with E-state index in [2.05, 4.69) is 0 Å². The van der Waals surface area contributed by atoms with Crippen molar-refractivity contribution in [2.45, 2.75) is 69.7 Å². The van der Waals surface area contributed by atoms with Crippen molar-refractivity contribution in [2.24, 2.45) is 0 Å². The third-order valence-corrected chi connectivity index (χ3v) is 3.40. The molecule has 0 bridgehead atoms. The van der Waals surface area contributed by atoms with Crippen LogP contribution in [0, 0.1) is 0 Å². The summed E-state index contributed by atoms with van der Waals surface area (Å²) < 4.78 is 9.97. The van der Waals surface area contributed by atoms with Crippen molar-refractivity contribution in [3.8, 4) is 0 Å². The molecule has 0 aromatic heterocycles. The summed E-state index contributed by atoms with van der Waals surface area (Å²) in [6, 6.07) is 0. The van der Waals surface area contributed by atoms with E-state index in [-0.39, 0.29) is 30.3 Å². The maximum atomic E-state index is 11.4. The highest BCUT2D eigenvalue weighted by molar-refractivity contribution is 6.20. The fourth-order valence-corrected chi connectivity index (χ4v) is 1.78. The first kappa shape index (κ1) is 19.5. The van der Waals surface area contributed by atoms with Crippen LogP contribution in [0.4, 0.5) is 0 Å². The van der Waals surface area contributed by atoms with Crippen LogP contribution in [0.25, 0.3) is 0 Å². The number of hydrogen-bond donors (Lipinski definition) is 0. The Morgan fingerprint density at radius 3 is 2.20 bits per heavy atom. The van der Waals surface area contributed by atoms with Gasteiger partial charge in [-0.25, -0.2) is 0 Å². The first-order valence-corrected chi connectivity index (χ1v) is 8.00. The van der Waals surface area contributed by atoms with Crippen LogP contribution in [0.5, 0.6) is 0 Å². The van der Waals surface area contributed by atoms with Crippen LogP contribution in [0.2, 0.25) is 0 Å². The summed E-state index contributed by atoms with van der Waals surface area (Å²) in [5, 5.41) is -0.131. The molecule has 0 N–H and O–H groups in total. The van der Waals surface area contributed by atoms with Crippen LogP contribution in [0.1, 0.15) is 58.8 Å². The van der Waals surface area contributed by atoms with Crippen molar-refractivity contribution in [1.29, 1.82) is 0 Å². The lowest BCUT2D eigenvalue weighted by molar-refractivity contribution is -0.147. The lowest BCUT2D eigenvalue weighted by Crippen LogP contribution is -2.14. The number of esters is 2. The van der Waals surface area contributed by atoms with Crippen LogP contribution in [0.15, 0.2) is 0 Å². The molecule has 0 spiro atoms. The van der Waals surface area contributed by atoms with E-state index in [4.69, 9.17) is 32.7 Å². The molecule has 0 aromatic rings. The highest BCUT2D eigenvalue weighted by Gasteiger charge is 2.11. The van der Waals surface area contributed by atoms with Crippen LogP contribution < -0.4 is 0 Å². The molecular weight excluding hydrogens is 303 g/mol. The Bertz CT molecular complexity index is 284. The van der Waals surface area contributed by atoms with Crippen LogP contribution in [-0.2, 0) is 19.1 Å². The molecule has 0 saturated heterocycles. The zero-order valence-electron chi connectivity index (χ0n) is 12.2. The van der Waals surface area contributed by atoms with Gasteiger partial charge in [-0.1, -0.05) is 31.9 Å². The van der Waals surface area contributed by atoms with E-state index < -0.39 is 5.56 Å². The normalized spacial score (nSPS) is 13.6. The Balaban J connectivity index is 3.55. The number of rotatable bonds is 11. The Morgan fingerprint density at radius 2 is 1.65 bits per heavy atom. The second-order valence-corrected chi connectivity index (χ2v) is 5.69. The number of ether oxygens (including phenoxy) is 2. The summed E-state index contributed by atoms with van der Waals surface area (Å²) in [6.07, 6.45) is 4.02. The van der Waals surface area contributed by atoms with Gasteiger partial charge in [0.05, 0.1) is 5.38 Å². The maximum absolute atomic E-state index is 11.4. The molecule has 0 aromatic carbocycles. The minimum Gasteiger partial charge on any atom is -0.464 e. The van der Waals surface area contributed by atoms with Gasteiger partial charge in [0.25, 0.3) is 0 Å². The van der Waals surface area contributed by atoms with Crippen molar-refractivity contribution >= 4 is 35.1 Å². The molecule has 0 aliphatic rings. The maximum Gasteiger partial charge on any atom is 0.307 e. The zero-order chi connectivity index (χ0) is 15.4. The third kappa shape index (κ3) is 11.4. The summed E-state index contributed by atoms with van der Waals surface area (Å²) in [6.45, 7) is 4.14. The molecule has 20 heavy (non-hydrogen) atoms. The molecule has 6 heteroatoms. The monoisotopic (exact) mass is 326 g/mol. The van der Waals surface area contributed by atoms with Gasteiger partial charge in [0.15, 0.2) is 5.56 Å². The Labute approximate surface area is 131 Å². The van der Waals surface area contributed by atoms with E-state index in [9.17, 15) is 9.59 Å². The van der Waals surface area contributed by atoms with E-state index in [1.165, 1.54) is 0 Å². The van der Waals surface area contributed by atoms with Gasteiger partial charge in [-0.2, -0.15) is 0 Å². The molecular formula is C14H24Cl2O4. The summed E-state index contributed by atoms with van der Waals surface area (Å²) in [5.74, 6) is -0.600. The first-order valence-electron chi connectivity index (χ1n) is 7.12. The highest BCUT2D eigenvalue weighted by atomic mass is 35.5. The predicted octanol–water partition coefficient (Wildman–Crippen LogP) is 4.02. The molecule has 0 saturated carbocycles. The van der Waals surface area contributed by atoms with Gasteiger partial charge >= 0.3 is 11.9 Å². The van der Waals surface area contributed by atoms with E-state index in [1.807, 2.05) is 13.8 Å². The van der Waals surface area contributed by atoms with E-state index in [1.54, 1.807) is 0 Å². The van der Waals surface area contributed by atoms with Gasteiger partial charge in [-0.05, 0) is 25.7 Å². The number of carbonyl (C=O) groups is 2. The molecule has 0 rings (SSSR count). The second kappa shape index (κ2) is 12.3. The van der Waals surface area contributed by atoms with E-state index in [0.29, 0.717) is 25.7 Å². The van der Waals surface area contributed by atoms with Crippen LogP contribution >= 0.6 is 23.2 Å². The van der Waals surface area contributed by atoms with Gasteiger partial charge in [0, 0.05) is 12.8 Å². The zero-order valence-corrected chi connectivity index (χ0v) is 13.7. The highest BCUT2D eigenvalue weighted by Crippen LogP contribution is 2.10. The lowest BCUT2D eigenvalue weighted by Gasteiger charge is -2.10. The van der Waals surface area contributed by atoms with Crippen LogP contribution in [-0.4, -0.2) is 29.5 Å². The minimum absolute atomic E-state index is 0.131. The number of hydrogen-bond acceptors (Lipinski definition) is 4. The molecule has 0 aliphatic carbocycles. The molecule has 118 valence electrons. The van der Waals surface area contributed by atoms with Gasteiger partial charge < -0.3 is 9.47 Å². The van der Waals surface area contributed by atoms with Gasteiger partial charge in [0.2, 0.25) is 0 Å². The Morgan fingerprint density at radius 1 is 1.05 bits per heavy atom. The molecule has 0 radical (unpaired) electrons. The van der Waals surface area contributed by atoms with Crippen molar-refractivity contribution in [3.05, 3.63) is 0 Å². The summed E-state index contributed by atoms with van der Waals surface area (Å²) in [7, 11) is 0. The standard InChI is InChI=1S/C14H24Cl2O4/c1-3-7-12(16)20-14(18)9-6-5-8-13(17)19-10-11(15)4-2/h11-12H,3-10H2,1-2H3. The number of alkyl halides is 2. The summed E-state index contributed by atoms with van der Waals surface area (Å²) in [4.78, 5) is 22.7. The third-order valence-electron chi connectivity index (χ3n) is 2.65. The van der Waals surface area contributed by atoms with Gasteiger partial charge in [0.1, 0.15) is 6.61 Å². The fourth-order valence-electron chi connectivity index (χ4n) is 1.40. The second-order valence-electron chi connectivity index (χ2n) is 4.58. The first-order chi connectivity index (χ1) is 9.49. The largest absolute Gasteiger partial charge is 0.464 e. The number of halogens is 2. The molecule has 0 fully saturated rings. The Hall–Kier alpha value is -0.480. The van der Waals surface area contributed by atoms with Gasteiger partial charge in [-0.15, -0.1) is 11.6 Å². The van der Waals surface area contributed by atoms with Crippen molar-refractivity contribution in [1.82, 2.24) is 0 Å². The van der Waals surface area contributed by atoms with Gasteiger partial charge in [-0.3, -0.25) is 9.59 Å². The number of carbonyl (C=O) groups excluding carboxylic acids is 2. The molecule has 0 aliphatic heterocycles. The van der Waals surface area contributed by atoms with Crippen LogP contribution in [0.3, 0.4) is 0 Å². The molecule has 0 amide bonds. The topological polar surface area (TPSA) is 52.6 Å². The molecule has 2 atom stereocenters. The fraction of sp³-hybridized carbons (Fsp3) is 0.857. The van der Waals surface area contributed by atoms with E-state index in [0.717, 1.165) is 12.8 Å². The smallest absolute Gasteiger partial charge is 0.307 e. The van der Waals surface area contributed by atoms with Crippen molar-refractivity contribution in [2.75, 3.05) is 6.61 Å².